The van der Waals surface area contributed by atoms with Gasteiger partial charge in [0.15, 0.2) is 0 Å². The van der Waals surface area contributed by atoms with Gasteiger partial charge in [-0.1, -0.05) is 17.7 Å². The monoisotopic (exact) mass is 327 g/mol. The van der Waals surface area contributed by atoms with Gasteiger partial charge in [-0.3, -0.25) is 4.79 Å². The summed E-state index contributed by atoms with van der Waals surface area (Å²) in [5.74, 6) is -0.745. The molecule has 0 aliphatic rings. The number of benzene rings is 1. The molecular formula is C13H10ClNO5S. The Bertz CT molecular complexity index is 857. The summed E-state index contributed by atoms with van der Waals surface area (Å²) in [5.41, 5.74) is -0.842. The first kappa shape index (κ1) is 15.3. The minimum atomic E-state index is -4.14. The molecule has 0 spiro atoms. The van der Waals surface area contributed by atoms with Gasteiger partial charge >= 0.3 is 5.97 Å². The highest BCUT2D eigenvalue weighted by Gasteiger charge is 2.20. The van der Waals surface area contributed by atoms with E-state index in [-0.39, 0.29) is 15.5 Å². The summed E-state index contributed by atoms with van der Waals surface area (Å²) in [6.07, 6.45) is 0.921. The lowest BCUT2D eigenvalue weighted by Crippen LogP contribution is -2.27. The van der Waals surface area contributed by atoms with Gasteiger partial charge in [-0.05, 0) is 24.3 Å². The number of hydrogen-bond donors (Lipinski definition) is 0. The fourth-order valence-electron chi connectivity index (χ4n) is 1.63. The smallest absolute Gasteiger partial charge is 0.339 e. The van der Waals surface area contributed by atoms with E-state index in [1.165, 1.54) is 30.3 Å². The Kier molecular flexibility index (Phi) is 4.15. The van der Waals surface area contributed by atoms with E-state index in [0.29, 0.717) is 3.97 Å². The van der Waals surface area contributed by atoms with Crippen molar-refractivity contribution in [2.24, 2.45) is 0 Å². The van der Waals surface area contributed by atoms with Crippen LogP contribution >= 0.6 is 11.6 Å². The van der Waals surface area contributed by atoms with Crippen molar-refractivity contribution in [2.45, 2.75) is 4.90 Å². The van der Waals surface area contributed by atoms with Crippen LogP contribution in [0.1, 0.15) is 10.4 Å². The van der Waals surface area contributed by atoms with Crippen LogP contribution in [0, 0.1) is 0 Å². The highest BCUT2D eigenvalue weighted by molar-refractivity contribution is 7.90. The highest BCUT2D eigenvalue weighted by atomic mass is 35.5. The van der Waals surface area contributed by atoms with E-state index in [4.69, 9.17) is 11.6 Å². The maximum absolute atomic E-state index is 12.4. The van der Waals surface area contributed by atoms with Gasteiger partial charge in [-0.15, -0.1) is 0 Å². The molecule has 0 fully saturated rings. The molecule has 1 aromatic heterocycles. The second-order valence-electron chi connectivity index (χ2n) is 4.01. The van der Waals surface area contributed by atoms with Gasteiger partial charge in [0.05, 0.1) is 17.6 Å². The Morgan fingerprint density at radius 3 is 2.57 bits per heavy atom. The molecule has 0 aliphatic heterocycles. The number of hydrogen-bond acceptors (Lipinski definition) is 5. The second-order valence-corrected chi connectivity index (χ2v) is 6.26. The predicted octanol–water partition coefficient (Wildman–Crippen LogP) is 1.53. The molecule has 0 amide bonds. The average Bonchev–Trinajstić information content (AvgIpc) is 2.46. The van der Waals surface area contributed by atoms with E-state index in [1.807, 2.05) is 0 Å². The van der Waals surface area contributed by atoms with Crippen LogP contribution in [0.3, 0.4) is 0 Å². The fourth-order valence-corrected chi connectivity index (χ4v) is 3.19. The van der Waals surface area contributed by atoms with E-state index in [2.05, 4.69) is 4.74 Å². The Morgan fingerprint density at radius 1 is 1.24 bits per heavy atom. The lowest BCUT2D eigenvalue weighted by molar-refractivity contribution is 0.0600. The molecule has 21 heavy (non-hydrogen) atoms. The van der Waals surface area contributed by atoms with Crippen LogP contribution in [0.2, 0.25) is 5.02 Å². The number of esters is 1. The zero-order chi connectivity index (χ0) is 15.6. The minimum absolute atomic E-state index is 0.0531. The van der Waals surface area contributed by atoms with Crippen molar-refractivity contribution in [3.05, 3.63) is 63.5 Å². The molecular weight excluding hydrogens is 318 g/mol. The number of ether oxygens (including phenoxy) is 1. The molecule has 2 aromatic rings. The van der Waals surface area contributed by atoms with Crippen LogP contribution in [-0.4, -0.2) is 25.5 Å². The van der Waals surface area contributed by atoms with Gasteiger partial charge in [-0.2, -0.15) is 0 Å². The number of pyridine rings is 1. The molecule has 0 saturated carbocycles. The summed E-state index contributed by atoms with van der Waals surface area (Å²) < 4.78 is 29.8. The number of carbonyl (C=O) groups excluding carboxylic acids is 1. The minimum Gasteiger partial charge on any atom is -0.465 e. The van der Waals surface area contributed by atoms with Crippen molar-refractivity contribution < 1.29 is 17.9 Å². The van der Waals surface area contributed by atoms with Crippen molar-refractivity contribution >= 4 is 27.6 Å². The van der Waals surface area contributed by atoms with Crippen molar-refractivity contribution in [1.82, 2.24) is 3.97 Å². The van der Waals surface area contributed by atoms with Gasteiger partial charge < -0.3 is 4.74 Å². The van der Waals surface area contributed by atoms with Gasteiger partial charge in [0.1, 0.15) is 0 Å². The SMILES string of the molecule is COC(=O)c1ccc(=O)n(S(=O)(=O)c2cccc(Cl)c2)c1. The Labute approximate surface area is 125 Å². The van der Waals surface area contributed by atoms with Crippen LogP contribution in [0.15, 0.2) is 52.3 Å². The molecule has 0 N–H and O–H groups in total. The standard InChI is InChI=1S/C13H10ClNO5S/c1-20-13(17)9-5-6-12(16)15(8-9)21(18,19)11-4-2-3-10(14)7-11/h2-8H,1H3. The zero-order valence-electron chi connectivity index (χ0n) is 10.8. The molecule has 1 aromatic carbocycles. The number of rotatable bonds is 3. The summed E-state index contributed by atoms with van der Waals surface area (Å²) in [6.45, 7) is 0. The topological polar surface area (TPSA) is 82.4 Å². The van der Waals surface area contributed by atoms with Crippen molar-refractivity contribution in [2.75, 3.05) is 7.11 Å². The molecule has 6 nitrogen and oxygen atoms in total. The molecule has 0 bridgehead atoms. The third kappa shape index (κ3) is 2.98. The molecule has 0 radical (unpaired) electrons. The van der Waals surface area contributed by atoms with E-state index < -0.39 is 21.6 Å². The van der Waals surface area contributed by atoms with E-state index in [1.54, 1.807) is 0 Å². The predicted molar refractivity (Wildman–Crippen MR) is 76.1 cm³/mol. The van der Waals surface area contributed by atoms with Crippen LogP contribution in [0.25, 0.3) is 0 Å². The Hall–Kier alpha value is -2.12. The Morgan fingerprint density at radius 2 is 1.95 bits per heavy atom. The molecule has 8 heteroatoms. The van der Waals surface area contributed by atoms with Crippen LogP contribution in [0.5, 0.6) is 0 Å². The van der Waals surface area contributed by atoms with E-state index >= 15 is 0 Å². The average molecular weight is 328 g/mol. The van der Waals surface area contributed by atoms with Crippen LogP contribution < -0.4 is 5.56 Å². The van der Waals surface area contributed by atoms with Crippen molar-refractivity contribution in [1.29, 1.82) is 0 Å². The Balaban J connectivity index is 2.65. The molecule has 0 unspecified atom stereocenters. The molecule has 0 aliphatic carbocycles. The molecule has 0 atom stereocenters. The summed E-state index contributed by atoms with van der Waals surface area (Å²) in [4.78, 5) is 23.1. The van der Waals surface area contributed by atoms with Gasteiger partial charge in [0, 0.05) is 17.3 Å². The first-order valence-corrected chi connectivity index (χ1v) is 7.50. The summed E-state index contributed by atoms with van der Waals surface area (Å²) in [5, 5.41) is 0.216. The first-order chi connectivity index (χ1) is 9.86. The summed E-state index contributed by atoms with van der Waals surface area (Å²) in [6, 6.07) is 7.65. The number of nitrogens with zero attached hydrogens (tertiary/aromatic N) is 1. The number of carbonyl (C=O) groups is 1. The lowest BCUT2D eigenvalue weighted by atomic mass is 10.3. The maximum atomic E-state index is 12.4. The number of aromatic nitrogens is 1. The zero-order valence-corrected chi connectivity index (χ0v) is 12.4. The number of methoxy groups -OCH3 is 1. The molecule has 1 heterocycles. The van der Waals surface area contributed by atoms with Crippen LogP contribution in [0.4, 0.5) is 0 Å². The fraction of sp³-hybridized carbons (Fsp3) is 0.0769. The highest BCUT2D eigenvalue weighted by Crippen LogP contribution is 2.17. The summed E-state index contributed by atoms with van der Waals surface area (Å²) >= 11 is 5.76. The van der Waals surface area contributed by atoms with Gasteiger partial charge in [-0.25, -0.2) is 17.2 Å². The van der Waals surface area contributed by atoms with Crippen molar-refractivity contribution in [3.63, 3.8) is 0 Å². The maximum Gasteiger partial charge on any atom is 0.339 e. The number of halogens is 1. The largest absolute Gasteiger partial charge is 0.465 e. The summed E-state index contributed by atoms with van der Waals surface area (Å²) in [7, 11) is -2.99. The third-order valence-electron chi connectivity index (χ3n) is 2.65. The van der Waals surface area contributed by atoms with Gasteiger partial charge in [0.25, 0.3) is 15.6 Å². The normalized spacial score (nSPS) is 11.1. The van der Waals surface area contributed by atoms with E-state index in [9.17, 15) is 18.0 Å². The van der Waals surface area contributed by atoms with Crippen molar-refractivity contribution in [3.8, 4) is 0 Å². The quantitative estimate of drug-likeness (QED) is 0.798. The second kappa shape index (κ2) is 5.71. The molecule has 110 valence electrons. The van der Waals surface area contributed by atoms with E-state index in [0.717, 1.165) is 19.4 Å². The molecule has 0 saturated heterocycles. The molecule has 2 rings (SSSR count). The van der Waals surface area contributed by atoms with Gasteiger partial charge in [0.2, 0.25) is 0 Å². The third-order valence-corrected chi connectivity index (χ3v) is 4.54. The first-order valence-electron chi connectivity index (χ1n) is 5.68. The van der Waals surface area contributed by atoms with Crippen LogP contribution in [-0.2, 0) is 14.8 Å². The lowest BCUT2D eigenvalue weighted by Gasteiger charge is -2.09.